The maximum atomic E-state index is 9.47. The van der Waals surface area contributed by atoms with Gasteiger partial charge in [-0.15, -0.1) is 11.3 Å². The van der Waals surface area contributed by atoms with Crippen molar-refractivity contribution in [3.05, 3.63) is 65.7 Å². The van der Waals surface area contributed by atoms with Crippen molar-refractivity contribution in [2.45, 2.75) is 0 Å². The van der Waals surface area contributed by atoms with Crippen LogP contribution < -0.4 is 0 Å². The Morgan fingerprint density at radius 2 is 1.84 bits per heavy atom. The number of nitriles is 1. The molecular formula is C16H10N2S. The van der Waals surface area contributed by atoms with Crippen molar-refractivity contribution in [3.8, 4) is 27.8 Å². The van der Waals surface area contributed by atoms with Gasteiger partial charge in [0, 0.05) is 11.8 Å². The minimum atomic E-state index is 0.635. The van der Waals surface area contributed by atoms with Crippen LogP contribution in [0, 0.1) is 11.3 Å². The molecule has 2 aromatic heterocycles. The SMILES string of the molecule is N#Cc1c(-c2ccccc2)ccnc1-c1cccs1. The maximum absolute atomic E-state index is 9.47. The van der Waals surface area contributed by atoms with E-state index in [9.17, 15) is 5.26 Å². The highest BCUT2D eigenvalue weighted by Gasteiger charge is 2.13. The molecule has 3 heteroatoms. The Morgan fingerprint density at radius 3 is 2.53 bits per heavy atom. The zero-order valence-corrected chi connectivity index (χ0v) is 10.9. The molecule has 0 unspecified atom stereocenters. The molecule has 0 aliphatic rings. The fourth-order valence-electron chi connectivity index (χ4n) is 2.03. The molecule has 0 aliphatic carbocycles. The van der Waals surface area contributed by atoms with E-state index in [1.54, 1.807) is 17.5 Å². The summed E-state index contributed by atoms with van der Waals surface area (Å²) in [5.41, 5.74) is 3.37. The van der Waals surface area contributed by atoms with Crippen molar-refractivity contribution >= 4 is 11.3 Å². The summed E-state index contributed by atoms with van der Waals surface area (Å²) in [6.07, 6.45) is 1.76. The number of nitrogens with zero attached hydrogens (tertiary/aromatic N) is 2. The summed E-state index contributed by atoms with van der Waals surface area (Å²) in [5, 5.41) is 11.5. The van der Waals surface area contributed by atoms with Gasteiger partial charge in [0.25, 0.3) is 0 Å². The zero-order chi connectivity index (χ0) is 13.1. The molecule has 1 aromatic carbocycles. The number of hydrogen-bond acceptors (Lipinski definition) is 3. The standard InChI is InChI=1S/C16H10N2S/c17-11-14-13(12-5-2-1-3-6-12)8-9-18-16(14)15-7-4-10-19-15/h1-10H. The number of aromatic nitrogens is 1. The number of rotatable bonds is 2. The third-order valence-corrected chi connectivity index (χ3v) is 3.78. The highest BCUT2D eigenvalue weighted by Crippen LogP contribution is 2.32. The normalized spacial score (nSPS) is 10.1. The van der Waals surface area contributed by atoms with E-state index in [4.69, 9.17) is 0 Å². The van der Waals surface area contributed by atoms with Gasteiger partial charge >= 0.3 is 0 Å². The Hall–Kier alpha value is -2.44. The zero-order valence-electron chi connectivity index (χ0n) is 10.1. The molecule has 90 valence electrons. The molecule has 0 amide bonds. The van der Waals surface area contributed by atoms with Gasteiger partial charge in [0.15, 0.2) is 0 Å². The van der Waals surface area contributed by atoms with Crippen LogP contribution in [0.1, 0.15) is 5.56 Å². The smallest absolute Gasteiger partial charge is 0.102 e. The van der Waals surface area contributed by atoms with Gasteiger partial charge in [-0.05, 0) is 23.1 Å². The third kappa shape index (κ3) is 2.14. The quantitative estimate of drug-likeness (QED) is 0.688. The fraction of sp³-hybridized carbons (Fsp3) is 0. The molecule has 0 bridgehead atoms. The molecule has 19 heavy (non-hydrogen) atoms. The van der Waals surface area contributed by atoms with Crippen LogP contribution in [-0.2, 0) is 0 Å². The Balaban J connectivity index is 2.23. The van der Waals surface area contributed by atoms with Crippen LogP contribution in [0.15, 0.2) is 60.1 Å². The molecular weight excluding hydrogens is 252 g/mol. The Morgan fingerprint density at radius 1 is 1.00 bits per heavy atom. The van der Waals surface area contributed by atoms with Crippen molar-refractivity contribution in [2.75, 3.05) is 0 Å². The summed E-state index contributed by atoms with van der Waals surface area (Å²) in [7, 11) is 0. The number of pyridine rings is 1. The summed E-state index contributed by atoms with van der Waals surface area (Å²) in [4.78, 5) is 5.39. The van der Waals surface area contributed by atoms with E-state index in [0.29, 0.717) is 5.56 Å². The molecule has 0 fully saturated rings. The number of hydrogen-bond donors (Lipinski definition) is 0. The summed E-state index contributed by atoms with van der Waals surface area (Å²) in [6, 6.07) is 18.1. The molecule has 0 aliphatic heterocycles. The molecule has 3 rings (SSSR count). The summed E-state index contributed by atoms with van der Waals surface area (Å²) < 4.78 is 0. The average molecular weight is 262 g/mol. The van der Waals surface area contributed by atoms with Crippen LogP contribution in [0.4, 0.5) is 0 Å². The molecule has 0 atom stereocenters. The lowest BCUT2D eigenvalue weighted by atomic mass is 9.99. The molecule has 0 N–H and O–H groups in total. The lowest BCUT2D eigenvalue weighted by Gasteiger charge is -2.07. The van der Waals surface area contributed by atoms with Crippen LogP contribution in [0.3, 0.4) is 0 Å². The van der Waals surface area contributed by atoms with Gasteiger partial charge in [0.2, 0.25) is 0 Å². The van der Waals surface area contributed by atoms with Crippen LogP contribution >= 0.6 is 11.3 Å². The monoisotopic (exact) mass is 262 g/mol. The minimum absolute atomic E-state index is 0.635. The highest BCUT2D eigenvalue weighted by atomic mass is 32.1. The first kappa shape index (κ1) is 11.6. The van der Waals surface area contributed by atoms with E-state index < -0.39 is 0 Å². The molecule has 0 radical (unpaired) electrons. The minimum Gasteiger partial charge on any atom is -0.254 e. The van der Waals surface area contributed by atoms with Gasteiger partial charge in [-0.1, -0.05) is 36.4 Å². The summed E-state index contributed by atoms with van der Waals surface area (Å²) >= 11 is 1.60. The first-order valence-electron chi connectivity index (χ1n) is 5.88. The second kappa shape index (κ2) is 5.05. The van der Waals surface area contributed by atoms with E-state index in [0.717, 1.165) is 21.7 Å². The Kier molecular flexibility index (Phi) is 3.09. The molecule has 3 aromatic rings. The third-order valence-electron chi connectivity index (χ3n) is 2.90. The van der Waals surface area contributed by atoms with Crippen molar-refractivity contribution in [1.82, 2.24) is 4.98 Å². The van der Waals surface area contributed by atoms with Crippen LogP contribution in [0.2, 0.25) is 0 Å². The van der Waals surface area contributed by atoms with Crippen LogP contribution in [0.5, 0.6) is 0 Å². The first-order valence-corrected chi connectivity index (χ1v) is 6.76. The van der Waals surface area contributed by atoms with Gasteiger partial charge in [-0.25, -0.2) is 0 Å². The molecule has 0 spiro atoms. The maximum Gasteiger partial charge on any atom is 0.102 e. The topological polar surface area (TPSA) is 36.7 Å². The molecule has 0 saturated carbocycles. The van der Waals surface area contributed by atoms with Crippen LogP contribution in [-0.4, -0.2) is 4.98 Å². The number of thiophene rings is 1. The van der Waals surface area contributed by atoms with Gasteiger partial charge in [0.1, 0.15) is 6.07 Å². The van der Waals surface area contributed by atoms with E-state index >= 15 is 0 Å². The van der Waals surface area contributed by atoms with Gasteiger partial charge in [-0.2, -0.15) is 5.26 Å². The van der Waals surface area contributed by atoms with E-state index in [1.807, 2.05) is 53.9 Å². The summed E-state index contributed by atoms with van der Waals surface area (Å²) in [5.74, 6) is 0. The van der Waals surface area contributed by atoms with Gasteiger partial charge < -0.3 is 0 Å². The van der Waals surface area contributed by atoms with Crippen molar-refractivity contribution < 1.29 is 0 Å². The Labute approximate surface area is 115 Å². The first-order chi connectivity index (χ1) is 9.40. The summed E-state index contributed by atoms with van der Waals surface area (Å²) in [6.45, 7) is 0. The van der Waals surface area contributed by atoms with Crippen molar-refractivity contribution in [2.24, 2.45) is 0 Å². The van der Waals surface area contributed by atoms with E-state index in [1.165, 1.54) is 0 Å². The number of benzene rings is 1. The van der Waals surface area contributed by atoms with Gasteiger partial charge in [0.05, 0.1) is 16.1 Å². The average Bonchev–Trinajstić information content (AvgIpc) is 3.01. The van der Waals surface area contributed by atoms with Crippen molar-refractivity contribution in [1.29, 1.82) is 5.26 Å². The fourth-order valence-corrected chi connectivity index (χ4v) is 2.76. The molecule has 2 nitrogen and oxygen atoms in total. The lowest BCUT2D eigenvalue weighted by molar-refractivity contribution is 1.31. The second-order valence-electron chi connectivity index (χ2n) is 4.04. The van der Waals surface area contributed by atoms with Crippen molar-refractivity contribution in [3.63, 3.8) is 0 Å². The van der Waals surface area contributed by atoms with E-state index in [2.05, 4.69) is 11.1 Å². The highest BCUT2D eigenvalue weighted by molar-refractivity contribution is 7.13. The second-order valence-corrected chi connectivity index (χ2v) is 4.98. The predicted octanol–water partition coefficient (Wildman–Crippen LogP) is 4.35. The largest absolute Gasteiger partial charge is 0.254 e. The molecule has 2 heterocycles. The van der Waals surface area contributed by atoms with Gasteiger partial charge in [-0.3, -0.25) is 4.98 Å². The van der Waals surface area contributed by atoms with Crippen LogP contribution in [0.25, 0.3) is 21.7 Å². The lowest BCUT2D eigenvalue weighted by Crippen LogP contribution is -1.91. The van der Waals surface area contributed by atoms with E-state index in [-0.39, 0.29) is 0 Å². The molecule has 0 saturated heterocycles. The predicted molar refractivity (Wildman–Crippen MR) is 77.7 cm³/mol. The Bertz CT molecular complexity index is 725.